The average Bonchev–Trinajstić information content (AvgIpc) is 2.13. The molecule has 0 radical (unpaired) electrons. The summed E-state index contributed by atoms with van der Waals surface area (Å²) in [6.07, 6.45) is 0.986. The molecular weight excluding hydrogens is 148 g/mol. The van der Waals surface area contributed by atoms with Gasteiger partial charge >= 0.3 is 0 Å². The third-order valence-corrected chi connectivity index (χ3v) is 1.71. The number of phenols is 1. The summed E-state index contributed by atoms with van der Waals surface area (Å²) in [7, 11) is 0. The topological polar surface area (TPSA) is 20.2 Å². The number of phenolic OH excluding ortho intramolecular Hbond substituents is 1. The smallest absolute Gasteiger partial charge is 0.115 e. The molecule has 0 aromatic heterocycles. The summed E-state index contributed by atoms with van der Waals surface area (Å²) in [6.45, 7) is 8.14. The van der Waals surface area contributed by atoms with E-state index in [0.717, 1.165) is 6.42 Å². The zero-order valence-electron chi connectivity index (χ0n) is 8.39. The summed E-state index contributed by atoms with van der Waals surface area (Å²) in [5.41, 5.74) is 2.47. The molecule has 0 spiro atoms. The van der Waals surface area contributed by atoms with Crippen LogP contribution >= 0.6 is 0 Å². The molecule has 0 unspecified atom stereocenters. The monoisotopic (exact) mass is 166 g/mol. The molecule has 12 heavy (non-hydrogen) atoms. The fourth-order valence-electron chi connectivity index (χ4n) is 1.04. The number of benzene rings is 1. The maximum atomic E-state index is 9.07. The summed E-state index contributed by atoms with van der Waals surface area (Å²) in [5.74, 6) is 0.363. The first-order valence-corrected chi connectivity index (χ1v) is 4.52. The van der Waals surface area contributed by atoms with Gasteiger partial charge in [-0.05, 0) is 36.6 Å². The van der Waals surface area contributed by atoms with Gasteiger partial charge < -0.3 is 5.11 Å². The molecule has 0 aliphatic rings. The van der Waals surface area contributed by atoms with E-state index in [1.807, 2.05) is 26.0 Å². The van der Waals surface area contributed by atoms with Crippen LogP contribution in [0.3, 0.4) is 0 Å². The van der Waals surface area contributed by atoms with Crippen LogP contribution in [0.25, 0.3) is 0 Å². The Morgan fingerprint density at radius 1 is 1.25 bits per heavy atom. The first kappa shape index (κ1) is 11.0. The number of aromatic hydroxyl groups is 1. The largest absolute Gasteiger partial charge is 0.508 e. The van der Waals surface area contributed by atoms with Crippen molar-refractivity contribution in [1.82, 2.24) is 0 Å². The Bertz CT molecular complexity index is 228. The molecule has 1 aromatic carbocycles. The third-order valence-electron chi connectivity index (χ3n) is 1.71. The molecule has 1 aromatic rings. The van der Waals surface area contributed by atoms with Crippen LogP contribution in [-0.2, 0) is 6.42 Å². The predicted molar refractivity (Wildman–Crippen MR) is 53.6 cm³/mol. The van der Waals surface area contributed by atoms with Gasteiger partial charge in [0.2, 0.25) is 0 Å². The van der Waals surface area contributed by atoms with E-state index in [-0.39, 0.29) is 0 Å². The van der Waals surface area contributed by atoms with Crippen molar-refractivity contribution in [3.8, 4) is 5.75 Å². The lowest BCUT2D eigenvalue weighted by molar-refractivity contribution is 0.474. The van der Waals surface area contributed by atoms with Gasteiger partial charge in [-0.1, -0.05) is 26.8 Å². The van der Waals surface area contributed by atoms with E-state index in [4.69, 9.17) is 5.11 Å². The van der Waals surface area contributed by atoms with Gasteiger partial charge in [-0.2, -0.15) is 0 Å². The third kappa shape index (κ3) is 2.95. The molecule has 0 amide bonds. The first-order valence-electron chi connectivity index (χ1n) is 4.52. The SMILES string of the molecule is CC.CCc1cc(O)ccc1C. The van der Waals surface area contributed by atoms with Gasteiger partial charge in [-0.15, -0.1) is 0 Å². The molecule has 1 heteroatoms. The summed E-state index contributed by atoms with van der Waals surface area (Å²) in [4.78, 5) is 0. The molecule has 1 rings (SSSR count). The average molecular weight is 166 g/mol. The quantitative estimate of drug-likeness (QED) is 0.678. The predicted octanol–water partition coefficient (Wildman–Crippen LogP) is 3.29. The van der Waals surface area contributed by atoms with E-state index < -0.39 is 0 Å². The minimum absolute atomic E-state index is 0.363. The Hall–Kier alpha value is -0.980. The minimum atomic E-state index is 0.363. The van der Waals surface area contributed by atoms with E-state index in [1.54, 1.807) is 6.07 Å². The maximum absolute atomic E-state index is 9.07. The molecule has 0 atom stereocenters. The molecule has 0 aliphatic heterocycles. The van der Waals surface area contributed by atoms with E-state index in [0.29, 0.717) is 5.75 Å². The second-order valence-electron chi connectivity index (χ2n) is 2.46. The van der Waals surface area contributed by atoms with E-state index in [2.05, 4.69) is 13.8 Å². The van der Waals surface area contributed by atoms with Crippen LogP contribution in [0.15, 0.2) is 18.2 Å². The van der Waals surface area contributed by atoms with Gasteiger partial charge in [0.15, 0.2) is 0 Å². The van der Waals surface area contributed by atoms with Crippen molar-refractivity contribution in [2.75, 3.05) is 0 Å². The minimum Gasteiger partial charge on any atom is -0.508 e. The summed E-state index contributed by atoms with van der Waals surface area (Å²) >= 11 is 0. The standard InChI is InChI=1S/C9H12O.C2H6/c1-3-8-6-9(10)5-4-7(8)2;1-2/h4-6,10H,3H2,1-2H3;1-2H3. The van der Waals surface area contributed by atoms with Crippen molar-refractivity contribution < 1.29 is 5.11 Å². The Morgan fingerprint density at radius 3 is 2.25 bits per heavy atom. The summed E-state index contributed by atoms with van der Waals surface area (Å²) in [6, 6.07) is 5.47. The highest BCUT2D eigenvalue weighted by Gasteiger charge is 1.95. The molecule has 1 N–H and O–H groups in total. The van der Waals surface area contributed by atoms with Crippen molar-refractivity contribution in [3.05, 3.63) is 29.3 Å². The molecule has 1 nitrogen and oxygen atoms in total. The van der Waals surface area contributed by atoms with Gasteiger partial charge in [-0.3, -0.25) is 0 Å². The van der Waals surface area contributed by atoms with Crippen LogP contribution in [0.4, 0.5) is 0 Å². The lowest BCUT2D eigenvalue weighted by atomic mass is 10.1. The Labute approximate surface area is 75.1 Å². The Morgan fingerprint density at radius 2 is 1.83 bits per heavy atom. The second-order valence-corrected chi connectivity index (χ2v) is 2.46. The Kier molecular flexibility index (Phi) is 5.18. The molecule has 0 saturated carbocycles. The van der Waals surface area contributed by atoms with Crippen LogP contribution < -0.4 is 0 Å². The van der Waals surface area contributed by atoms with Crippen LogP contribution in [0.2, 0.25) is 0 Å². The van der Waals surface area contributed by atoms with E-state index in [1.165, 1.54) is 11.1 Å². The number of aryl methyl sites for hydroxylation is 2. The van der Waals surface area contributed by atoms with Crippen LogP contribution in [0.5, 0.6) is 5.75 Å². The van der Waals surface area contributed by atoms with Crippen molar-refractivity contribution in [3.63, 3.8) is 0 Å². The zero-order valence-corrected chi connectivity index (χ0v) is 8.39. The normalized spacial score (nSPS) is 8.67. The van der Waals surface area contributed by atoms with Crippen LogP contribution in [0, 0.1) is 6.92 Å². The van der Waals surface area contributed by atoms with Crippen LogP contribution in [-0.4, -0.2) is 5.11 Å². The fraction of sp³-hybridized carbons (Fsp3) is 0.455. The van der Waals surface area contributed by atoms with Crippen molar-refractivity contribution in [1.29, 1.82) is 0 Å². The molecule has 0 saturated heterocycles. The zero-order chi connectivity index (χ0) is 9.56. The van der Waals surface area contributed by atoms with Gasteiger partial charge in [0.25, 0.3) is 0 Å². The molecule has 0 bridgehead atoms. The summed E-state index contributed by atoms with van der Waals surface area (Å²) in [5, 5.41) is 9.07. The molecule has 0 heterocycles. The summed E-state index contributed by atoms with van der Waals surface area (Å²) < 4.78 is 0. The maximum Gasteiger partial charge on any atom is 0.115 e. The van der Waals surface area contributed by atoms with Crippen molar-refractivity contribution in [2.45, 2.75) is 34.1 Å². The van der Waals surface area contributed by atoms with Crippen molar-refractivity contribution >= 4 is 0 Å². The van der Waals surface area contributed by atoms with Gasteiger partial charge in [0, 0.05) is 0 Å². The fourth-order valence-corrected chi connectivity index (χ4v) is 1.04. The van der Waals surface area contributed by atoms with Gasteiger partial charge in [-0.25, -0.2) is 0 Å². The second kappa shape index (κ2) is 5.64. The number of hydrogen-bond acceptors (Lipinski definition) is 1. The Balaban J connectivity index is 0.000000561. The highest BCUT2D eigenvalue weighted by atomic mass is 16.3. The number of rotatable bonds is 1. The van der Waals surface area contributed by atoms with Crippen molar-refractivity contribution in [2.24, 2.45) is 0 Å². The molecule has 0 aliphatic carbocycles. The van der Waals surface area contributed by atoms with Gasteiger partial charge in [0.1, 0.15) is 5.75 Å². The van der Waals surface area contributed by atoms with E-state index in [9.17, 15) is 0 Å². The highest BCUT2D eigenvalue weighted by Crippen LogP contribution is 2.15. The highest BCUT2D eigenvalue weighted by molar-refractivity contribution is 5.33. The molecule has 0 fully saturated rings. The van der Waals surface area contributed by atoms with E-state index >= 15 is 0 Å². The first-order chi connectivity index (χ1) is 5.74. The molecular formula is C11H18O. The van der Waals surface area contributed by atoms with Crippen LogP contribution in [0.1, 0.15) is 31.9 Å². The lowest BCUT2D eigenvalue weighted by Crippen LogP contribution is -1.83. The number of hydrogen-bond donors (Lipinski definition) is 1. The molecule has 68 valence electrons. The lowest BCUT2D eigenvalue weighted by Gasteiger charge is -2.01. The van der Waals surface area contributed by atoms with Gasteiger partial charge in [0.05, 0.1) is 0 Å².